The molecule has 1 aliphatic rings. The van der Waals surface area contributed by atoms with Crippen molar-refractivity contribution in [1.82, 2.24) is 15.2 Å². The van der Waals surface area contributed by atoms with Crippen molar-refractivity contribution < 1.29 is 0 Å². The molecule has 100 valence electrons. The zero-order valence-electron chi connectivity index (χ0n) is 11.1. The molecule has 4 N–H and O–H groups in total. The third-order valence-electron chi connectivity index (χ3n) is 3.95. The summed E-state index contributed by atoms with van der Waals surface area (Å²) >= 11 is 0. The molecule has 4 nitrogen and oxygen atoms in total. The topological polar surface area (TPSA) is 70.5 Å². The van der Waals surface area contributed by atoms with Crippen molar-refractivity contribution in [2.45, 2.75) is 19.3 Å². The van der Waals surface area contributed by atoms with Crippen LogP contribution in [0.1, 0.15) is 29.7 Å². The van der Waals surface area contributed by atoms with Crippen LogP contribution in [0.25, 0.3) is 22.7 Å². The smallest absolute Gasteiger partial charge is 0.162 e. The van der Waals surface area contributed by atoms with Crippen LogP contribution in [0.3, 0.4) is 0 Å². The maximum absolute atomic E-state index is 6.04. The van der Waals surface area contributed by atoms with Gasteiger partial charge in [-0.15, -0.1) is 0 Å². The Morgan fingerprint density at radius 2 is 2.00 bits per heavy atom. The van der Waals surface area contributed by atoms with E-state index in [0.717, 1.165) is 23.9 Å². The average Bonchev–Trinajstić information content (AvgIpc) is 3.01. The average molecular weight is 264 g/mol. The molecule has 0 saturated carbocycles. The Morgan fingerprint density at radius 1 is 1.15 bits per heavy atom. The predicted octanol–water partition coefficient (Wildman–Crippen LogP) is 3.35. The summed E-state index contributed by atoms with van der Waals surface area (Å²) in [5.74, 6) is 0.651. The van der Waals surface area contributed by atoms with E-state index in [9.17, 15) is 0 Å². The first-order valence-corrected chi connectivity index (χ1v) is 6.93. The number of fused-ring (bicyclic) bond motifs is 3. The quantitative estimate of drug-likeness (QED) is 0.630. The van der Waals surface area contributed by atoms with Crippen LogP contribution in [0.5, 0.6) is 0 Å². The van der Waals surface area contributed by atoms with Crippen molar-refractivity contribution in [3.63, 3.8) is 0 Å². The molecule has 0 bridgehead atoms. The summed E-state index contributed by atoms with van der Waals surface area (Å²) < 4.78 is 0. The summed E-state index contributed by atoms with van der Waals surface area (Å²) in [6, 6.07) is 10.4. The first-order valence-electron chi connectivity index (χ1n) is 6.93. The number of anilines is 1. The molecule has 0 aliphatic heterocycles. The maximum atomic E-state index is 6.04. The number of aromatic nitrogens is 3. The van der Waals surface area contributed by atoms with Crippen LogP contribution in [0.2, 0.25) is 0 Å². The van der Waals surface area contributed by atoms with Crippen molar-refractivity contribution in [2.24, 2.45) is 0 Å². The Kier molecular flexibility index (Phi) is 2.42. The monoisotopic (exact) mass is 264 g/mol. The molecule has 0 saturated heterocycles. The molecule has 20 heavy (non-hydrogen) atoms. The fourth-order valence-electron chi connectivity index (χ4n) is 3.07. The summed E-state index contributed by atoms with van der Waals surface area (Å²) in [6.45, 7) is 0. The summed E-state index contributed by atoms with van der Waals surface area (Å²) in [5, 5.41) is 8.14. The number of hydrogen-bond acceptors (Lipinski definition) is 2. The van der Waals surface area contributed by atoms with Gasteiger partial charge >= 0.3 is 0 Å². The van der Waals surface area contributed by atoms with E-state index in [1.54, 1.807) is 0 Å². The Labute approximate surface area is 116 Å². The van der Waals surface area contributed by atoms with Gasteiger partial charge in [0.05, 0.1) is 5.39 Å². The molecule has 4 heteroatoms. The number of benzene rings is 1. The second-order valence-electron chi connectivity index (χ2n) is 5.27. The van der Waals surface area contributed by atoms with E-state index in [4.69, 9.17) is 5.73 Å². The first-order chi connectivity index (χ1) is 9.83. The third-order valence-corrected chi connectivity index (χ3v) is 3.95. The van der Waals surface area contributed by atoms with Gasteiger partial charge < -0.3 is 10.7 Å². The van der Waals surface area contributed by atoms with Gasteiger partial charge in [-0.3, -0.25) is 5.10 Å². The Hall–Kier alpha value is -2.49. The molecule has 2 heterocycles. The molecule has 0 amide bonds. The standard InChI is InChI=1S/C16H16N4/c17-15-14-13-11(9-10-5-2-1-3-6-10)7-4-8-12(13)18-16(14)20-19-15/h1-3,5-6,9H,4,7-8H2,(H4,17,18,19,20)/b11-9+. The lowest BCUT2D eigenvalue weighted by Gasteiger charge is -2.15. The number of H-pyrrole nitrogens is 2. The molecular weight excluding hydrogens is 248 g/mol. The number of nitrogens with zero attached hydrogens (tertiary/aromatic N) is 1. The molecule has 2 aromatic heterocycles. The van der Waals surface area contributed by atoms with E-state index in [2.05, 4.69) is 45.5 Å². The fourth-order valence-corrected chi connectivity index (χ4v) is 3.07. The maximum Gasteiger partial charge on any atom is 0.162 e. The molecule has 0 atom stereocenters. The van der Waals surface area contributed by atoms with Gasteiger partial charge in [-0.1, -0.05) is 36.4 Å². The fraction of sp³-hybridized carbons (Fsp3) is 0.188. The van der Waals surface area contributed by atoms with Gasteiger partial charge in [0.2, 0.25) is 0 Å². The zero-order chi connectivity index (χ0) is 13.5. The van der Waals surface area contributed by atoms with Gasteiger partial charge in [0.25, 0.3) is 0 Å². The van der Waals surface area contributed by atoms with E-state index in [-0.39, 0.29) is 0 Å². The van der Waals surface area contributed by atoms with Crippen molar-refractivity contribution in [3.05, 3.63) is 47.2 Å². The van der Waals surface area contributed by atoms with E-state index in [0.29, 0.717) is 5.82 Å². The van der Waals surface area contributed by atoms with Gasteiger partial charge in [0, 0.05) is 11.3 Å². The summed E-state index contributed by atoms with van der Waals surface area (Å²) in [5.41, 5.74) is 12.0. The highest BCUT2D eigenvalue weighted by Crippen LogP contribution is 2.38. The number of nitrogens with one attached hydrogen (secondary N) is 2. The Morgan fingerprint density at radius 3 is 2.85 bits per heavy atom. The number of rotatable bonds is 1. The number of aryl methyl sites for hydroxylation is 1. The molecular formula is C16H16N4. The Balaban J connectivity index is 1.93. The minimum Gasteiger partial charge on any atom is -0.383 e. The number of nitrogens with two attached hydrogens (primary N) is 1. The number of aromatic amines is 2. The van der Waals surface area contributed by atoms with Crippen molar-refractivity contribution in [1.29, 1.82) is 0 Å². The van der Waals surface area contributed by atoms with E-state index < -0.39 is 0 Å². The molecule has 3 aromatic rings. The van der Waals surface area contributed by atoms with Gasteiger partial charge in [-0.2, -0.15) is 5.10 Å². The van der Waals surface area contributed by atoms with Crippen LogP contribution in [0.15, 0.2) is 30.3 Å². The van der Waals surface area contributed by atoms with E-state index in [1.165, 1.54) is 28.8 Å². The highest BCUT2D eigenvalue weighted by atomic mass is 15.2. The van der Waals surface area contributed by atoms with Crippen LogP contribution in [-0.2, 0) is 6.42 Å². The normalized spacial score (nSPS) is 16.7. The highest BCUT2D eigenvalue weighted by molar-refractivity contribution is 6.02. The molecule has 0 radical (unpaired) electrons. The molecule has 1 aliphatic carbocycles. The largest absolute Gasteiger partial charge is 0.383 e. The zero-order valence-corrected chi connectivity index (χ0v) is 11.1. The highest BCUT2D eigenvalue weighted by Gasteiger charge is 2.22. The summed E-state index contributed by atoms with van der Waals surface area (Å²) in [7, 11) is 0. The van der Waals surface area contributed by atoms with Crippen molar-refractivity contribution in [2.75, 3.05) is 5.73 Å². The summed E-state index contributed by atoms with van der Waals surface area (Å²) in [6.07, 6.45) is 5.58. The molecule has 4 rings (SSSR count). The lowest BCUT2D eigenvalue weighted by molar-refractivity contribution is 0.806. The van der Waals surface area contributed by atoms with Crippen molar-refractivity contribution >= 4 is 28.5 Å². The van der Waals surface area contributed by atoms with Crippen LogP contribution in [0, 0.1) is 0 Å². The van der Waals surface area contributed by atoms with Crippen LogP contribution in [0.4, 0.5) is 5.82 Å². The van der Waals surface area contributed by atoms with Gasteiger partial charge in [-0.05, 0) is 30.4 Å². The number of nitrogen functional groups attached to an aromatic ring is 1. The van der Waals surface area contributed by atoms with Crippen LogP contribution >= 0.6 is 0 Å². The lowest BCUT2D eigenvalue weighted by Crippen LogP contribution is -2.01. The summed E-state index contributed by atoms with van der Waals surface area (Å²) in [4.78, 5) is 3.39. The van der Waals surface area contributed by atoms with Crippen LogP contribution < -0.4 is 5.73 Å². The van der Waals surface area contributed by atoms with Gasteiger partial charge in [0.1, 0.15) is 5.82 Å². The molecule has 1 aromatic carbocycles. The minimum atomic E-state index is 0.651. The minimum absolute atomic E-state index is 0.651. The van der Waals surface area contributed by atoms with Gasteiger partial charge in [0.15, 0.2) is 5.65 Å². The Bertz CT molecular complexity index is 793. The molecule has 0 spiro atoms. The van der Waals surface area contributed by atoms with E-state index in [1.807, 2.05) is 6.07 Å². The number of hydrogen-bond donors (Lipinski definition) is 3. The number of allylic oxidation sites excluding steroid dienone is 1. The first kappa shape index (κ1) is 11.3. The van der Waals surface area contributed by atoms with Crippen LogP contribution in [-0.4, -0.2) is 15.2 Å². The molecule has 0 unspecified atom stereocenters. The SMILES string of the molecule is Nc1[nH]nc2[nH]c3c(c12)/C(=C/c1ccccc1)CCC3. The lowest BCUT2D eigenvalue weighted by atomic mass is 9.89. The second kappa shape index (κ2) is 4.27. The molecule has 0 fully saturated rings. The third kappa shape index (κ3) is 1.65. The van der Waals surface area contributed by atoms with Crippen molar-refractivity contribution in [3.8, 4) is 0 Å². The van der Waals surface area contributed by atoms with Gasteiger partial charge in [-0.25, -0.2) is 0 Å². The second-order valence-corrected chi connectivity index (χ2v) is 5.27. The van der Waals surface area contributed by atoms with E-state index >= 15 is 0 Å². The predicted molar refractivity (Wildman–Crippen MR) is 82.1 cm³/mol.